The number of ether oxygens (including phenoxy) is 2. The minimum Gasteiger partial charge on any atom is -0.469 e. The Morgan fingerprint density at radius 1 is 1.32 bits per heavy atom. The molecule has 2 rings (SSSR count). The van der Waals surface area contributed by atoms with Crippen LogP contribution >= 0.6 is 0 Å². The highest BCUT2D eigenvalue weighted by atomic mass is 16.5. The molecule has 1 aliphatic heterocycles. The van der Waals surface area contributed by atoms with Gasteiger partial charge in [0.2, 0.25) is 0 Å². The lowest BCUT2D eigenvalue weighted by atomic mass is 9.66. The second kappa shape index (κ2) is 5.94. The molecule has 19 heavy (non-hydrogen) atoms. The van der Waals surface area contributed by atoms with Crippen molar-refractivity contribution in [2.75, 3.05) is 20.3 Å². The molecule has 1 N–H and O–H groups in total. The van der Waals surface area contributed by atoms with Crippen LogP contribution in [0.2, 0.25) is 0 Å². The van der Waals surface area contributed by atoms with Crippen LogP contribution in [0, 0.1) is 17.3 Å². The molecule has 0 bridgehead atoms. The van der Waals surface area contributed by atoms with E-state index in [1.807, 2.05) is 0 Å². The molecule has 0 aromatic rings. The van der Waals surface area contributed by atoms with Gasteiger partial charge in [0.15, 0.2) is 0 Å². The van der Waals surface area contributed by atoms with Gasteiger partial charge in [0.05, 0.1) is 25.7 Å². The lowest BCUT2D eigenvalue weighted by Crippen LogP contribution is -2.38. The minimum absolute atomic E-state index is 0.106. The number of hydrogen-bond acceptors (Lipinski definition) is 4. The lowest BCUT2D eigenvalue weighted by Gasteiger charge is -2.38. The maximum atomic E-state index is 11.7. The van der Waals surface area contributed by atoms with Crippen LogP contribution in [0.5, 0.6) is 0 Å². The fourth-order valence-corrected chi connectivity index (χ4v) is 2.74. The topological polar surface area (TPSA) is 55.8 Å². The van der Waals surface area contributed by atoms with Gasteiger partial charge in [-0.05, 0) is 19.3 Å². The quantitative estimate of drug-likeness (QED) is 0.623. The third-order valence-electron chi connectivity index (χ3n) is 4.30. The van der Waals surface area contributed by atoms with Crippen molar-refractivity contribution in [1.82, 2.24) is 0 Å². The third kappa shape index (κ3) is 3.29. The molecule has 1 saturated carbocycles. The van der Waals surface area contributed by atoms with E-state index in [0.29, 0.717) is 32.5 Å². The molecular weight excluding hydrogens is 244 g/mol. The second-order valence-electron chi connectivity index (χ2n) is 5.57. The molecular formula is C15H22O4. The fraction of sp³-hybridized carbons (Fsp3) is 0.800. The Kier molecular flexibility index (Phi) is 4.49. The van der Waals surface area contributed by atoms with E-state index in [4.69, 9.17) is 9.47 Å². The molecule has 1 aliphatic carbocycles. The summed E-state index contributed by atoms with van der Waals surface area (Å²) >= 11 is 0. The van der Waals surface area contributed by atoms with Gasteiger partial charge in [0.25, 0.3) is 0 Å². The van der Waals surface area contributed by atoms with Gasteiger partial charge in [0.1, 0.15) is 5.60 Å². The van der Waals surface area contributed by atoms with Gasteiger partial charge in [-0.3, -0.25) is 4.79 Å². The zero-order valence-electron chi connectivity index (χ0n) is 11.5. The predicted octanol–water partition coefficient (Wildman–Crippen LogP) is 1.65. The van der Waals surface area contributed by atoms with Gasteiger partial charge < -0.3 is 14.6 Å². The minimum atomic E-state index is -0.893. The molecule has 0 atom stereocenters. The molecule has 0 aromatic heterocycles. The van der Waals surface area contributed by atoms with E-state index in [-0.39, 0.29) is 11.4 Å². The lowest BCUT2D eigenvalue weighted by molar-refractivity contribution is -0.158. The Morgan fingerprint density at radius 3 is 2.53 bits per heavy atom. The number of esters is 1. The van der Waals surface area contributed by atoms with Gasteiger partial charge >= 0.3 is 5.97 Å². The first kappa shape index (κ1) is 14.4. The third-order valence-corrected chi connectivity index (χ3v) is 4.30. The zero-order chi connectivity index (χ0) is 13.8. The highest BCUT2D eigenvalue weighted by Crippen LogP contribution is 2.45. The normalized spacial score (nSPS) is 23.7. The summed E-state index contributed by atoms with van der Waals surface area (Å²) in [6, 6.07) is 0. The van der Waals surface area contributed by atoms with E-state index in [2.05, 4.69) is 11.8 Å². The van der Waals surface area contributed by atoms with Crippen molar-refractivity contribution in [3.05, 3.63) is 0 Å². The zero-order valence-corrected chi connectivity index (χ0v) is 11.5. The molecule has 1 saturated heterocycles. The summed E-state index contributed by atoms with van der Waals surface area (Å²) < 4.78 is 10.1. The Bertz CT molecular complexity index is 381. The Morgan fingerprint density at radius 2 is 2.00 bits per heavy atom. The summed E-state index contributed by atoms with van der Waals surface area (Å²) in [5, 5.41) is 10.2. The maximum absolute atomic E-state index is 11.7. The molecule has 2 fully saturated rings. The summed E-state index contributed by atoms with van der Waals surface area (Å²) in [6.07, 6.45) is 5.41. The van der Waals surface area contributed by atoms with E-state index in [1.165, 1.54) is 7.11 Å². The number of hydrogen-bond donors (Lipinski definition) is 1. The number of aliphatic hydroxyl groups is 1. The first-order chi connectivity index (χ1) is 9.10. The van der Waals surface area contributed by atoms with Crippen LogP contribution in [-0.4, -0.2) is 37.0 Å². The van der Waals surface area contributed by atoms with Crippen molar-refractivity contribution in [2.45, 2.75) is 50.5 Å². The highest BCUT2D eigenvalue weighted by molar-refractivity contribution is 5.77. The van der Waals surface area contributed by atoms with Crippen LogP contribution in [-0.2, 0) is 14.3 Å². The van der Waals surface area contributed by atoms with Crippen molar-refractivity contribution in [3.8, 4) is 11.8 Å². The molecule has 106 valence electrons. The number of methoxy groups -OCH3 is 1. The van der Waals surface area contributed by atoms with E-state index in [0.717, 1.165) is 25.7 Å². The van der Waals surface area contributed by atoms with E-state index in [1.54, 1.807) is 0 Å². The monoisotopic (exact) mass is 266 g/mol. The number of rotatable bonds is 3. The average molecular weight is 266 g/mol. The first-order valence-corrected chi connectivity index (χ1v) is 6.99. The van der Waals surface area contributed by atoms with Crippen LogP contribution in [0.15, 0.2) is 0 Å². The van der Waals surface area contributed by atoms with E-state index in [9.17, 15) is 9.90 Å². The smallest absolute Gasteiger partial charge is 0.311 e. The van der Waals surface area contributed by atoms with Gasteiger partial charge in [-0.1, -0.05) is 12.3 Å². The summed E-state index contributed by atoms with van der Waals surface area (Å²) in [5.41, 5.74) is -1.20. The summed E-state index contributed by atoms with van der Waals surface area (Å²) in [5.74, 6) is 5.88. The van der Waals surface area contributed by atoms with Crippen molar-refractivity contribution in [1.29, 1.82) is 0 Å². The standard InChI is InChI=1S/C15H22O4/c1-18-13(16)14(6-4-7-14)5-2-3-8-15(17)9-11-19-12-10-15/h17H,2,4-7,9-12H2,1H3. The van der Waals surface area contributed by atoms with Crippen LogP contribution < -0.4 is 0 Å². The van der Waals surface area contributed by atoms with Crippen LogP contribution in [0.25, 0.3) is 0 Å². The van der Waals surface area contributed by atoms with Crippen LogP contribution in [0.1, 0.15) is 44.9 Å². The van der Waals surface area contributed by atoms with Crippen LogP contribution in [0.4, 0.5) is 0 Å². The molecule has 0 spiro atoms. The van der Waals surface area contributed by atoms with Gasteiger partial charge in [0, 0.05) is 19.3 Å². The number of carbonyl (C=O) groups excluding carboxylic acids is 1. The fourth-order valence-electron chi connectivity index (χ4n) is 2.74. The maximum Gasteiger partial charge on any atom is 0.311 e. The number of carbonyl (C=O) groups is 1. The largest absolute Gasteiger partial charge is 0.469 e. The van der Waals surface area contributed by atoms with Gasteiger partial charge in [-0.15, -0.1) is 5.92 Å². The van der Waals surface area contributed by atoms with E-state index < -0.39 is 5.60 Å². The highest BCUT2D eigenvalue weighted by Gasteiger charge is 2.44. The molecule has 0 aromatic carbocycles. The first-order valence-electron chi connectivity index (χ1n) is 6.99. The second-order valence-corrected chi connectivity index (χ2v) is 5.57. The molecule has 1 heterocycles. The summed E-state index contributed by atoms with van der Waals surface area (Å²) in [7, 11) is 1.44. The Labute approximate surface area is 114 Å². The molecule has 4 nitrogen and oxygen atoms in total. The summed E-state index contributed by atoms with van der Waals surface area (Å²) in [4.78, 5) is 11.7. The van der Waals surface area contributed by atoms with Gasteiger partial charge in [-0.25, -0.2) is 0 Å². The molecule has 0 radical (unpaired) electrons. The Hall–Kier alpha value is -1.05. The predicted molar refractivity (Wildman–Crippen MR) is 70.3 cm³/mol. The molecule has 0 amide bonds. The Balaban J connectivity index is 1.84. The van der Waals surface area contributed by atoms with Crippen molar-refractivity contribution in [2.24, 2.45) is 5.41 Å². The SMILES string of the molecule is COC(=O)C1(CCC#CC2(O)CCOCC2)CCC1. The van der Waals surface area contributed by atoms with Crippen molar-refractivity contribution < 1.29 is 19.4 Å². The molecule has 2 aliphatic rings. The molecule has 4 heteroatoms. The van der Waals surface area contributed by atoms with E-state index >= 15 is 0 Å². The molecule has 0 unspecified atom stereocenters. The average Bonchev–Trinajstić information content (AvgIpc) is 2.37. The summed E-state index contributed by atoms with van der Waals surface area (Å²) in [6.45, 7) is 1.13. The van der Waals surface area contributed by atoms with Crippen molar-refractivity contribution in [3.63, 3.8) is 0 Å². The van der Waals surface area contributed by atoms with Crippen molar-refractivity contribution >= 4 is 5.97 Å². The van der Waals surface area contributed by atoms with Crippen LogP contribution in [0.3, 0.4) is 0 Å². The van der Waals surface area contributed by atoms with Gasteiger partial charge in [-0.2, -0.15) is 0 Å².